The number of hydrazone groups is 1. The second kappa shape index (κ2) is 9.44. The quantitative estimate of drug-likeness (QED) is 0.467. The molecule has 0 radical (unpaired) electrons. The molecular formula is C18H17ClN2O4. The monoisotopic (exact) mass is 360 g/mol. The minimum absolute atomic E-state index is 0.198. The molecule has 2 rings (SSSR count). The van der Waals surface area contributed by atoms with E-state index in [0.717, 1.165) is 5.56 Å². The summed E-state index contributed by atoms with van der Waals surface area (Å²) < 4.78 is 10.2. The zero-order valence-electron chi connectivity index (χ0n) is 13.6. The van der Waals surface area contributed by atoms with Gasteiger partial charge in [-0.2, -0.15) is 5.10 Å². The Balaban J connectivity index is 1.77. The zero-order chi connectivity index (χ0) is 18.1. The maximum Gasteiger partial charge on any atom is 0.338 e. The molecule has 6 nitrogen and oxygen atoms in total. The number of nitrogens with one attached hydrogen (secondary N) is 1. The van der Waals surface area contributed by atoms with Crippen molar-refractivity contribution in [3.63, 3.8) is 0 Å². The number of amides is 1. The lowest BCUT2D eigenvalue weighted by atomic mass is 10.2. The SMILES string of the molecule is CCOC(=O)c1ccc(OCC(=O)NN=Cc2ccc(Cl)cc2)cc1. The van der Waals surface area contributed by atoms with Crippen molar-refractivity contribution in [2.75, 3.05) is 13.2 Å². The number of rotatable bonds is 7. The van der Waals surface area contributed by atoms with Crippen LogP contribution in [0.4, 0.5) is 0 Å². The van der Waals surface area contributed by atoms with Gasteiger partial charge < -0.3 is 9.47 Å². The number of benzene rings is 2. The minimum atomic E-state index is -0.403. The highest BCUT2D eigenvalue weighted by molar-refractivity contribution is 6.30. The van der Waals surface area contributed by atoms with Gasteiger partial charge in [0.15, 0.2) is 6.61 Å². The van der Waals surface area contributed by atoms with Gasteiger partial charge in [-0.05, 0) is 48.9 Å². The Morgan fingerprint density at radius 2 is 1.80 bits per heavy atom. The summed E-state index contributed by atoms with van der Waals surface area (Å²) in [5.41, 5.74) is 3.59. The maximum atomic E-state index is 11.7. The normalized spacial score (nSPS) is 10.5. The number of hydrogen-bond acceptors (Lipinski definition) is 5. The molecule has 0 spiro atoms. The van der Waals surface area contributed by atoms with Crippen molar-refractivity contribution in [1.29, 1.82) is 0 Å². The van der Waals surface area contributed by atoms with Crippen molar-refractivity contribution in [3.8, 4) is 5.75 Å². The van der Waals surface area contributed by atoms with E-state index in [4.69, 9.17) is 21.1 Å². The first-order valence-corrected chi connectivity index (χ1v) is 7.93. The number of ether oxygens (including phenoxy) is 2. The van der Waals surface area contributed by atoms with Gasteiger partial charge in [-0.25, -0.2) is 10.2 Å². The van der Waals surface area contributed by atoms with E-state index in [2.05, 4.69) is 10.5 Å². The number of halogens is 1. The summed E-state index contributed by atoms with van der Waals surface area (Å²) in [6.07, 6.45) is 1.50. The van der Waals surface area contributed by atoms with Crippen LogP contribution in [-0.2, 0) is 9.53 Å². The largest absolute Gasteiger partial charge is 0.484 e. The van der Waals surface area contributed by atoms with Gasteiger partial charge in [-0.15, -0.1) is 0 Å². The number of nitrogens with zero attached hydrogens (tertiary/aromatic N) is 1. The van der Waals surface area contributed by atoms with E-state index in [1.165, 1.54) is 6.21 Å². The number of esters is 1. The van der Waals surface area contributed by atoms with Crippen LogP contribution in [0.5, 0.6) is 5.75 Å². The van der Waals surface area contributed by atoms with Gasteiger partial charge in [0, 0.05) is 5.02 Å². The molecule has 0 unspecified atom stereocenters. The summed E-state index contributed by atoms with van der Waals surface area (Å²) in [5, 5.41) is 4.46. The number of hydrogen-bond donors (Lipinski definition) is 1. The smallest absolute Gasteiger partial charge is 0.338 e. The summed E-state index contributed by atoms with van der Waals surface area (Å²) in [4.78, 5) is 23.2. The van der Waals surface area contributed by atoms with Crippen molar-refractivity contribution in [3.05, 3.63) is 64.7 Å². The van der Waals surface area contributed by atoms with Crippen LogP contribution in [0.15, 0.2) is 53.6 Å². The molecule has 7 heteroatoms. The first kappa shape index (κ1) is 18.5. The van der Waals surface area contributed by atoms with Crippen LogP contribution in [0.2, 0.25) is 5.02 Å². The van der Waals surface area contributed by atoms with Gasteiger partial charge >= 0.3 is 5.97 Å². The topological polar surface area (TPSA) is 77.0 Å². The average Bonchev–Trinajstić information content (AvgIpc) is 2.62. The Kier molecular flexibility index (Phi) is 6.98. The first-order valence-electron chi connectivity index (χ1n) is 7.56. The fourth-order valence-corrected chi connectivity index (χ4v) is 1.94. The van der Waals surface area contributed by atoms with Gasteiger partial charge in [0.2, 0.25) is 0 Å². The molecular weight excluding hydrogens is 344 g/mol. The van der Waals surface area contributed by atoms with Gasteiger partial charge in [0.25, 0.3) is 5.91 Å². The van der Waals surface area contributed by atoms with Gasteiger partial charge in [0.1, 0.15) is 5.75 Å². The van der Waals surface area contributed by atoms with E-state index in [-0.39, 0.29) is 6.61 Å². The second-order valence-corrected chi connectivity index (χ2v) is 5.31. The van der Waals surface area contributed by atoms with E-state index in [1.54, 1.807) is 55.5 Å². The van der Waals surface area contributed by atoms with Crippen LogP contribution < -0.4 is 10.2 Å². The van der Waals surface area contributed by atoms with Crippen molar-refractivity contribution in [2.45, 2.75) is 6.92 Å². The fraction of sp³-hybridized carbons (Fsp3) is 0.167. The molecule has 0 saturated carbocycles. The molecule has 2 aromatic carbocycles. The first-order chi connectivity index (χ1) is 12.1. The summed E-state index contributed by atoms with van der Waals surface area (Å²) >= 11 is 5.78. The molecule has 2 aromatic rings. The molecule has 0 saturated heterocycles. The Morgan fingerprint density at radius 3 is 2.44 bits per heavy atom. The molecule has 0 bridgehead atoms. The number of carbonyl (C=O) groups excluding carboxylic acids is 2. The Morgan fingerprint density at radius 1 is 1.12 bits per heavy atom. The van der Waals surface area contributed by atoms with Crippen LogP contribution in [0, 0.1) is 0 Å². The average molecular weight is 361 g/mol. The Labute approximate surface area is 150 Å². The zero-order valence-corrected chi connectivity index (χ0v) is 14.3. The molecule has 0 atom stereocenters. The predicted molar refractivity (Wildman–Crippen MR) is 95.1 cm³/mol. The fourth-order valence-electron chi connectivity index (χ4n) is 1.81. The van der Waals surface area contributed by atoms with Crippen LogP contribution in [-0.4, -0.2) is 31.3 Å². The van der Waals surface area contributed by atoms with Gasteiger partial charge in [-0.1, -0.05) is 23.7 Å². The van der Waals surface area contributed by atoms with Crippen molar-refractivity contribution in [1.82, 2.24) is 5.43 Å². The van der Waals surface area contributed by atoms with E-state index in [9.17, 15) is 9.59 Å². The summed E-state index contributed by atoms with van der Waals surface area (Å²) in [5.74, 6) is -0.340. The van der Waals surface area contributed by atoms with Crippen molar-refractivity contribution < 1.29 is 19.1 Å². The van der Waals surface area contributed by atoms with E-state index in [0.29, 0.717) is 22.9 Å². The lowest BCUT2D eigenvalue weighted by Gasteiger charge is -2.06. The molecule has 0 aromatic heterocycles. The highest BCUT2D eigenvalue weighted by atomic mass is 35.5. The van der Waals surface area contributed by atoms with Crippen LogP contribution in [0.1, 0.15) is 22.8 Å². The molecule has 1 amide bonds. The highest BCUT2D eigenvalue weighted by Crippen LogP contribution is 2.13. The van der Waals surface area contributed by atoms with Gasteiger partial charge in [-0.3, -0.25) is 4.79 Å². The maximum absolute atomic E-state index is 11.7. The lowest BCUT2D eigenvalue weighted by molar-refractivity contribution is -0.123. The van der Waals surface area contributed by atoms with E-state index >= 15 is 0 Å². The van der Waals surface area contributed by atoms with Crippen LogP contribution in [0.3, 0.4) is 0 Å². The van der Waals surface area contributed by atoms with E-state index < -0.39 is 11.9 Å². The molecule has 0 heterocycles. The molecule has 0 aliphatic carbocycles. The van der Waals surface area contributed by atoms with E-state index in [1.807, 2.05) is 0 Å². The predicted octanol–water partition coefficient (Wildman–Crippen LogP) is 3.05. The van der Waals surface area contributed by atoms with Crippen LogP contribution in [0.25, 0.3) is 0 Å². The van der Waals surface area contributed by atoms with Crippen molar-refractivity contribution in [2.24, 2.45) is 5.10 Å². The Hall–Kier alpha value is -2.86. The summed E-state index contributed by atoms with van der Waals surface area (Å²) in [6.45, 7) is 1.86. The highest BCUT2D eigenvalue weighted by Gasteiger charge is 2.07. The minimum Gasteiger partial charge on any atom is -0.484 e. The third-order valence-electron chi connectivity index (χ3n) is 3.01. The molecule has 0 fully saturated rings. The lowest BCUT2D eigenvalue weighted by Crippen LogP contribution is -2.24. The Bertz CT molecular complexity index is 743. The third-order valence-corrected chi connectivity index (χ3v) is 3.26. The van der Waals surface area contributed by atoms with Crippen LogP contribution >= 0.6 is 11.6 Å². The number of carbonyl (C=O) groups is 2. The molecule has 0 aliphatic heterocycles. The third kappa shape index (κ3) is 6.27. The molecule has 0 aliphatic rings. The van der Waals surface area contributed by atoms with Crippen molar-refractivity contribution >= 4 is 29.7 Å². The molecule has 25 heavy (non-hydrogen) atoms. The molecule has 1 N–H and O–H groups in total. The summed E-state index contributed by atoms with van der Waals surface area (Å²) in [6, 6.07) is 13.3. The summed E-state index contributed by atoms with van der Waals surface area (Å²) in [7, 11) is 0. The van der Waals surface area contributed by atoms with Gasteiger partial charge in [0.05, 0.1) is 18.4 Å². The molecule has 130 valence electrons. The standard InChI is InChI=1S/C18H17ClN2O4/c1-2-24-18(23)14-5-9-16(10-6-14)25-12-17(22)21-20-11-13-3-7-15(19)8-4-13/h3-11H,2,12H2,1H3,(H,21,22). The second-order valence-electron chi connectivity index (χ2n) is 4.88.